The Morgan fingerprint density at radius 2 is 1.89 bits per heavy atom. The van der Waals surface area contributed by atoms with Gasteiger partial charge in [-0.2, -0.15) is 0 Å². The van der Waals surface area contributed by atoms with Crippen LogP contribution in [0.4, 0.5) is 25.1 Å². The average molecular weight is 495 g/mol. The van der Waals surface area contributed by atoms with Gasteiger partial charge >= 0.3 is 6.03 Å². The summed E-state index contributed by atoms with van der Waals surface area (Å²) in [6.07, 6.45) is 2.88. The molecule has 11 heteroatoms. The number of halogens is 2. The maximum absolute atomic E-state index is 15.2. The highest BCUT2D eigenvalue weighted by Crippen LogP contribution is 2.39. The largest absolute Gasteiger partial charge is 0.478 e. The molecule has 3 heterocycles. The van der Waals surface area contributed by atoms with Gasteiger partial charge in [-0.1, -0.05) is 18.2 Å². The Kier molecular flexibility index (Phi) is 5.91. The van der Waals surface area contributed by atoms with Crippen molar-refractivity contribution in [1.29, 1.82) is 0 Å². The Morgan fingerprint density at radius 3 is 2.56 bits per heavy atom. The smallest absolute Gasteiger partial charge is 0.317 e. The minimum atomic E-state index is -1.05. The van der Waals surface area contributed by atoms with Crippen molar-refractivity contribution < 1.29 is 23.1 Å². The predicted molar refractivity (Wildman–Crippen MR) is 132 cm³/mol. The van der Waals surface area contributed by atoms with E-state index in [1.165, 1.54) is 14.0 Å². The van der Waals surface area contributed by atoms with E-state index in [0.717, 1.165) is 22.7 Å². The van der Waals surface area contributed by atoms with Crippen LogP contribution in [0.1, 0.15) is 36.0 Å². The number of anilines is 2. The number of nitrogens with zero attached hydrogens (tertiary/aromatic N) is 4. The number of amides is 2. The van der Waals surface area contributed by atoms with Crippen LogP contribution in [0.3, 0.4) is 0 Å². The van der Waals surface area contributed by atoms with Crippen molar-refractivity contribution in [1.82, 2.24) is 14.5 Å². The van der Waals surface area contributed by atoms with Gasteiger partial charge in [0.15, 0.2) is 17.5 Å². The van der Waals surface area contributed by atoms with E-state index in [9.17, 15) is 14.0 Å². The third kappa shape index (κ3) is 3.96. The van der Waals surface area contributed by atoms with E-state index in [1.54, 1.807) is 4.57 Å². The molecule has 186 valence electrons. The number of ether oxygens (including phenoxy) is 1. The highest BCUT2D eigenvalue weighted by molar-refractivity contribution is 6.00. The molecule has 2 aromatic heterocycles. The number of piperidine rings is 1. The number of carbonyl (C=O) groups is 2. The van der Waals surface area contributed by atoms with Crippen molar-refractivity contribution >= 4 is 45.4 Å². The SMILES string of the molecule is COc1nc2c(C3CCN(c4cn(C(C)=O)c5ccccc45)CC3)c(F)c(F)cc2nc1NC(N)=O. The monoisotopic (exact) mass is 494 g/mol. The number of hydrogen-bond acceptors (Lipinski definition) is 6. The molecular weight excluding hydrogens is 470 g/mol. The third-order valence-corrected chi connectivity index (χ3v) is 6.56. The lowest BCUT2D eigenvalue weighted by Crippen LogP contribution is -2.33. The Morgan fingerprint density at radius 1 is 1.17 bits per heavy atom. The van der Waals surface area contributed by atoms with E-state index in [1.807, 2.05) is 30.5 Å². The van der Waals surface area contributed by atoms with E-state index in [0.29, 0.717) is 25.9 Å². The molecule has 36 heavy (non-hydrogen) atoms. The first-order valence-corrected chi connectivity index (χ1v) is 11.4. The van der Waals surface area contributed by atoms with Crippen molar-refractivity contribution in [2.75, 3.05) is 30.4 Å². The number of primary amides is 1. The molecule has 0 bridgehead atoms. The van der Waals surface area contributed by atoms with Gasteiger partial charge in [-0.3, -0.25) is 14.7 Å². The predicted octanol–water partition coefficient (Wildman–Crippen LogP) is 4.41. The molecule has 3 N–H and O–H groups in total. The van der Waals surface area contributed by atoms with E-state index >= 15 is 4.39 Å². The second-order valence-corrected chi connectivity index (χ2v) is 8.71. The molecule has 2 amide bonds. The highest BCUT2D eigenvalue weighted by atomic mass is 19.2. The quantitative estimate of drug-likeness (QED) is 0.434. The first kappa shape index (κ1) is 23.5. The van der Waals surface area contributed by atoms with E-state index < -0.39 is 17.7 Å². The molecule has 1 saturated heterocycles. The van der Waals surface area contributed by atoms with E-state index in [4.69, 9.17) is 10.5 Å². The minimum Gasteiger partial charge on any atom is -0.478 e. The number of benzene rings is 2. The van der Waals surface area contributed by atoms with Gasteiger partial charge in [-0.05, 0) is 24.8 Å². The van der Waals surface area contributed by atoms with Gasteiger partial charge in [-0.25, -0.2) is 23.5 Å². The zero-order valence-corrected chi connectivity index (χ0v) is 19.7. The maximum Gasteiger partial charge on any atom is 0.317 e. The number of rotatable bonds is 4. The zero-order chi connectivity index (χ0) is 25.6. The minimum absolute atomic E-state index is 0.0527. The van der Waals surface area contributed by atoms with E-state index in [2.05, 4.69) is 20.2 Å². The first-order valence-electron chi connectivity index (χ1n) is 11.4. The van der Waals surface area contributed by atoms with Gasteiger partial charge in [0.2, 0.25) is 5.91 Å². The third-order valence-electron chi connectivity index (χ3n) is 6.56. The number of carbonyl (C=O) groups excluding carboxylic acids is 2. The van der Waals surface area contributed by atoms with Crippen molar-refractivity contribution in [2.45, 2.75) is 25.7 Å². The summed E-state index contributed by atoms with van der Waals surface area (Å²) in [7, 11) is 1.33. The summed E-state index contributed by atoms with van der Waals surface area (Å²) < 4.78 is 36.6. The molecule has 0 unspecified atom stereocenters. The molecular formula is C25H24F2N6O3. The first-order chi connectivity index (χ1) is 17.3. The van der Waals surface area contributed by atoms with Gasteiger partial charge in [-0.15, -0.1) is 0 Å². The van der Waals surface area contributed by atoms with Gasteiger partial charge < -0.3 is 15.4 Å². The molecule has 0 radical (unpaired) electrons. The molecule has 5 rings (SSSR count). The topological polar surface area (TPSA) is 115 Å². The summed E-state index contributed by atoms with van der Waals surface area (Å²) in [4.78, 5) is 34.1. The van der Waals surface area contributed by atoms with Gasteiger partial charge in [0, 0.05) is 43.2 Å². The van der Waals surface area contributed by atoms with Gasteiger partial charge in [0.25, 0.3) is 5.88 Å². The molecule has 0 saturated carbocycles. The summed E-state index contributed by atoms with van der Waals surface area (Å²) in [5.41, 5.74) is 7.31. The Balaban J connectivity index is 1.50. The number of hydrogen-bond donors (Lipinski definition) is 2. The molecule has 4 aromatic rings. The normalized spacial score (nSPS) is 14.4. The molecule has 2 aromatic carbocycles. The second kappa shape index (κ2) is 9.06. The average Bonchev–Trinajstić information content (AvgIpc) is 3.25. The molecule has 1 aliphatic heterocycles. The summed E-state index contributed by atoms with van der Waals surface area (Å²) in [5.74, 6) is -2.56. The summed E-state index contributed by atoms with van der Waals surface area (Å²) in [6.45, 7) is 2.65. The van der Waals surface area contributed by atoms with Crippen molar-refractivity contribution in [2.24, 2.45) is 5.73 Å². The number of para-hydroxylation sites is 1. The van der Waals surface area contributed by atoms with Crippen LogP contribution in [0, 0.1) is 11.6 Å². The molecule has 1 aliphatic rings. The lowest BCUT2D eigenvalue weighted by Gasteiger charge is -2.34. The molecule has 0 aliphatic carbocycles. The fourth-order valence-electron chi connectivity index (χ4n) is 4.94. The molecule has 1 fully saturated rings. The van der Waals surface area contributed by atoms with Crippen LogP contribution in [0.25, 0.3) is 21.9 Å². The second-order valence-electron chi connectivity index (χ2n) is 8.71. The fraction of sp³-hybridized carbons (Fsp3) is 0.280. The summed E-state index contributed by atoms with van der Waals surface area (Å²) in [6, 6.07) is 7.73. The number of urea groups is 1. The Bertz CT molecular complexity index is 1510. The van der Waals surface area contributed by atoms with Crippen LogP contribution in [0.2, 0.25) is 0 Å². The number of nitrogens with two attached hydrogens (primary N) is 1. The number of nitrogens with one attached hydrogen (secondary N) is 1. The van der Waals surface area contributed by atoms with Crippen LogP contribution in [0.5, 0.6) is 5.88 Å². The lowest BCUT2D eigenvalue weighted by atomic mass is 9.87. The van der Waals surface area contributed by atoms with Crippen molar-refractivity contribution in [3.63, 3.8) is 0 Å². The summed E-state index contributed by atoms with van der Waals surface area (Å²) >= 11 is 0. The Labute approximate surface area is 204 Å². The van der Waals surface area contributed by atoms with E-state index in [-0.39, 0.29) is 40.1 Å². The van der Waals surface area contributed by atoms with Crippen LogP contribution >= 0.6 is 0 Å². The maximum atomic E-state index is 15.2. The molecule has 0 atom stereocenters. The molecule has 9 nitrogen and oxygen atoms in total. The summed E-state index contributed by atoms with van der Waals surface area (Å²) in [5, 5.41) is 3.25. The van der Waals surface area contributed by atoms with Gasteiger partial charge in [0.1, 0.15) is 0 Å². The van der Waals surface area contributed by atoms with Crippen molar-refractivity contribution in [3.05, 3.63) is 53.7 Å². The Hall–Kier alpha value is -4.28. The van der Waals surface area contributed by atoms with Crippen LogP contribution in [-0.2, 0) is 0 Å². The molecule has 0 spiro atoms. The lowest BCUT2D eigenvalue weighted by molar-refractivity contribution is 0.0941. The number of methoxy groups -OCH3 is 1. The number of aromatic nitrogens is 3. The van der Waals surface area contributed by atoms with Gasteiger partial charge in [0.05, 0.1) is 29.3 Å². The number of fused-ring (bicyclic) bond motifs is 2. The zero-order valence-electron chi connectivity index (χ0n) is 19.7. The highest BCUT2D eigenvalue weighted by Gasteiger charge is 2.30. The fourth-order valence-corrected chi connectivity index (χ4v) is 4.94. The van der Waals surface area contributed by atoms with Crippen LogP contribution < -0.4 is 20.7 Å². The van der Waals surface area contributed by atoms with Crippen molar-refractivity contribution in [3.8, 4) is 5.88 Å². The van der Waals surface area contributed by atoms with Crippen LogP contribution in [-0.4, -0.2) is 46.7 Å². The van der Waals surface area contributed by atoms with Crippen LogP contribution in [0.15, 0.2) is 36.5 Å². The standard InChI is InChI=1S/C25H24F2N6O3/c1-13(34)33-12-19(15-5-3-4-6-18(15)33)32-9-7-14(8-10-32)20-21(27)16(26)11-17-22(20)30-24(36-2)23(29-17)31-25(28)35/h3-6,11-12,14H,7-10H2,1-2H3,(H3,28,29,31,35).